The van der Waals surface area contributed by atoms with Gasteiger partial charge in [-0.05, 0) is 30.5 Å². The molecule has 0 spiro atoms. The van der Waals surface area contributed by atoms with Gasteiger partial charge in [-0.25, -0.2) is 8.78 Å². The molecule has 1 unspecified atom stereocenters. The maximum absolute atomic E-state index is 13.7. The zero-order chi connectivity index (χ0) is 13.1. The van der Waals surface area contributed by atoms with E-state index in [1.807, 2.05) is 6.07 Å². The summed E-state index contributed by atoms with van der Waals surface area (Å²) in [4.78, 5) is 3.96. The van der Waals surface area contributed by atoms with E-state index in [9.17, 15) is 8.78 Å². The van der Waals surface area contributed by atoms with Crippen LogP contribution in [0.4, 0.5) is 8.78 Å². The fourth-order valence-corrected chi connectivity index (χ4v) is 1.83. The van der Waals surface area contributed by atoms with E-state index < -0.39 is 17.7 Å². The number of nitrogens with zero attached hydrogens (tertiary/aromatic N) is 1. The van der Waals surface area contributed by atoms with Crippen LogP contribution in [0.15, 0.2) is 36.7 Å². The second kappa shape index (κ2) is 5.23. The Kier molecular flexibility index (Phi) is 3.67. The van der Waals surface area contributed by atoms with Crippen molar-refractivity contribution in [3.8, 4) is 0 Å². The number of pyridine rings is 1. The molecule has 0 radical (unpaired) electrons. The standard InChI is InChI=1S/C14H14F2N2/c1-9-4-5-11(14(16)13(9)15)12(17)7-10-3-2-6-18-8-10/h2-6,8,12H,7,17H2,1H3. The van der Waals surface area contributed by atoms with E-state index in [2.05, 4.69) is 4.98 Å². The molecule has 4 heteroatoms. The maximum atomic E-state index is 13.7. The fraction of sp³-hybridized carbons (Fsp3) is 0.214. The molecule has 0 aliphatic rings. The summed E-state index contributed by atoms with van der Waals surface area (Å²) >= 11 is 0. The normalized spacial score (nSPS) is 12.4. The van der Waals surface area contributed by atoms with E-state index in [4.69, 9.17) is 5.73 Å². The van der Waals surface area contributed by atoms with Gasteiger partial charge >= 0.3 is 0 Å². The van der Waals surface area contributed by atoms with Crippen LogP contribution >= 0.6 is 0 Å². The largest absolute Gasteiger partial charge is 0.324 e. The first kappa shape index (κ1) is 12.6. The Morgan fingerprint density at radius 2 is 2.00 bits per heavy atom. The number of aryl methyl sites for hydroxylation is 1. The summed E-state index contributed by atoms with van der Waals surface area (Å²) in [7, 11) is 0. The van der Waals surface area contributed by atoms with E-state index in [0.717, 1.165) is 5.56 Å². The smallest absolute Gasteiger partial charge is 0.163 e. The second-order valence-electron chi connectivity index (χ2n) is 4.27. The first-order valence-corrected chi connectivity index (χ1v) is 5.68. The summed E-state index contributed by atoms with van der Waals surface area (Å²) in [6.45, 7) is 1.52. The molecular formula is C14H14F2N2. The zero-order valence-electron chi connectivity index (χ0n) is 10.0. The third-order valence-corrected chi connectivity index (χ3v) is 2.88. The average Bonchev–Trinajstić information content (AvgIpc) is 2.37. The molecule has 0 bridgehead atoms. The van der Waals surface area contributed by atoms with Crippen molar-refractivity contribution in [3.63, 3.8) is 0 Å². The zero-order valence-corrected chi connectivity index (χ0v) is 10.0. The van der Waals surface area contributed by atoms with Crippen molar-refractivity contribution in [1.29, 1.82) is 0 Å². The van der Waals surface area contributed by atoms with Crippen molar-refractivity contribution in [1.82, 2.24) is 4.98 Å². The number of rotatable bonds is 3. The van der Waals surface area contributed by atoms with Crippen LogP contribution < -0.4 is 5.73 Å². The van der Waals surface area contributed by atoms with Crippen LogP contribution in [0.1, 0.15) is 22.7 Å². The van der Waals surface area contributed by atoms with Crippen molar-refractivity contribution in [2.75, 3.05) is 0 Å². The molecule has 2 nitrogen and oxygen atoms in total. The lowest BCUT2D eigenvalue weighted by Crippen LogP contribution is -2.16. The molecule has 0 fully saturated rings. The number of hydrogen-bond acceptors (Lipinski definition) is 2. The Morgan fingerprint density at radius 1 is 1.22 bits per heavy atom. The molecule has 94 valence electrons. The molecule has 0 aliphatic heterocycles. The van der Waals surface area contributed by atoms with Gasteiger partial charge in [0.1, 0.15) is 0 Å². The minimum atomic E-state index is -0.855. The lowest BCUT2D eigenvalue weighted by molar-refractivity contribution is 0.483. The van der Waals surface area contributed by atoms with Gasteiger partial charge in [0.2, 0.25) is 0 Å². The lowest BCUT2D eigenvalue weighted by atomic mass is 9.99. The Labute approximate surface area is 104 Å². The number of hydrogen-bond donors (Lipinski definition) is 1. The second-order valence-corrected chi connectivity index (χ2v) is 4.27. The molecule has 1 aromatic carbocycles. The molecule has 0 aliphatic carbocycles. The van der Waals surface area contributed by atoms with Gasteiger partial charge in [-0.3, -0.25) is 4.98 Å². The fourth-order valence-electron chi connectivity index (χ4n) is 1.83. The third kappa shape index (κ3) is 2.54. The molecule has 2 N–H and O–H groups in total. The predicted molar refractivity (Wildman–Crippen MR) is 66.0 cm³/mol. The quantitative estimate of drug-likeness (QED) is 0.907. The van der Waals surface area contributed by atoms with Crippen molar-refractivity contribution in [2.45, 2.75) is 19.4 Å². The number of aromatic nitrogens is 1. The Morgan fingerprint density at radius 3 is 2.67 bits per heavy atom. The summed E-state index contributed by atoms with van der Waals surface area (Å²) < 4.78 is 27.2. The first-order chi connectivity index (χ1) is 8.59. The molecule has 0 saturated heterocycles. The van der Waals surface area contributed by atoms with Gasteiger partial charge < -0.3 is 5.73 Å². The van der Waals surface area contributed by atoms with Crippen molar-refractivity contribution >= 4 is 0 Å². The van der Waals surface area contributed by atoms with Crippen LogP contribution in [0.25, 0.3) is 0 Å². The van der Waals surface area contributed by atoms with E-state index in [1.54, 1.807) is 18.5 Å². The van der Waals surface area contributed by atoms with Crippen LogP contribution in [-0.4, -0.2) is 4.98 Å². The van der Waals surface area contributed by atoms with Gasteiger partial charge in [-0.2, -0.15) is 0 Å². The highest BCUT2D eigenvalue weighted by atomic mass is 19.2. The van der Waals surface area contributed by atoms with E-state index in [0.29, 0.717) is 6.42 Å². The number of benzene rings is 1. The molecule has 1 aromatic heterocycles. The average molecular weight is 248 g/mol. The van der Waals surface area contributed by atoms with Crippen molar-refractivity contribution in [2.24, 2.45) is 5.73 Å². The highest BCUT2D eigenvalue weighted by Gasteiger charge is 2.16. The summed E-state index contributed by atoms with van der Waals surface area (Å²) in [6.07, 6.45) is 3.75. The Hall–Kier alpha value is -1.81. The van der Waals surface area contributed by atoms with Crippen LogP contribution in [0.2, 0.25) is 0 Å². The molecule has 18 heavy (non-hydrogen) atoms. The minimum Gasteiger partial charge on any atom is -0.324 e. The molecule has 2 rings (SSSR count). The summed E-state index contributed by atoms with van der Waals surface area (Å²) in [5, 5.41) is 0. The monoisotopic (exact) mass is 248 g/mol. The van der Waals surface area contributed by atoms with Gasteiger partial charge in [-0.1, -0.05) is 18.2 Å². The number of nitrogens with two attached hydrogens (primary N) is 1. The van der Waals surface area contributed by atoms with Gasteiger partial charge in [0.05, 0.1) is 0 Å². The van der Waals surface area contributed by atoms with Gasteiger partial charge in [0, 0.05) is 24.0 Å². The van der Waals surface area contributed by atoms with Crippen LogP contribution in [0.5, 0.6) is 0 Å². The van der Waals surface area contributed by atoms with E-state index in [1.165, 1.54) is 19.1 Å². The molecule has 0 amide bonds. The lowest BCUT2D eigenvalue weighted by Gasteiger charge is -2.14. The molecule has 0 saturated carbocycles. The molecule has 1 atom stereocenters. The van der Waals surface area contributed by atoms with E-state index in [-0.39, 0.29) is 11.1 Å². The van der Waals surface area contributed by atoms with Gasteiger partial charge in [-0.15, -0.1) is 0 Å². The van der Waals surface area contributed by atoms with Crippen molar-refractivity contribution < 1.29 is 8.78 Å². The summed E-state index contributed by atoms with van der Waals surface area (Å²) in [5.74, 6) is -1.68. The Bertz CT molecular complexity index is 541. The molecule has 1 heterocycles. The summed E-state index contributed by atoms with van der Waals surface area (Å²) in [5.41, 5.74) is 7.28. The minimum absolute atomic E-state index is 0.196. The van der Waals surface area contributed by atoms with Crippen LogP contribution in [0, 0.1) is 18.6 Å². The Balaban J connectivity index is 2.24. The van der Waals surface area contributed by atoms with E-state index >= 15 is 0 Å². The summed E-state index contributed by atoms with van der Waals surface area (Å²) in [6, 6.07) is 6.14. The first-order valence-electron chi connectivity index (χ1n) is 5.68. The highest BCUT2D eigenvalue weighted by Crippen LogP contribution is 2.22. The van der Waals surface area contributed by atoms with Crippen molar-refractivity contribution in [3.05, 3.63) is 65.0 Å². The maximum Gasteiger partial charge on any atom is 0.163 e. The third-order valence-electron chi connectivity index (χ3n) is 2.88. The number of halogens is 2. The molecular weight excluding hydrogens is 234 g/mol. The van der Waals surface area contributed by atoms with Gasteiger partial charge in [0.15, 0.2) is 11.6 Å². The highest BCUT2D eigenvalue weighted by molar-refractivity contribution is 5.29. The SMILES string of the molecule is Cc1ccc(C(N)Cc2cccnc2)c(F)c1F. The van der Waals surface area contributed by atoms with Crippen LogP contribution in [0.3, 0.4) is 0 Å². The molecule has 2 aromatic rings. The van der Waals surface area contributed by atoms with Crippen LogP contribution in [-0.2, 0) is 6.42 Å². The topological polar surface area (TPSA) is 38.9 Å². The van der Waals surface area contributed by atoms with Gasteiger partial charge in [0.25, 0.3) is 0 Å². The predicted octanol–water partition coefficient (Wildman–Crippen LogP) is 2.91.